The Morgan fingerprint density at radius 3 is 2.63 bits per heavy atom. The van der Waals surface area contributed by atoms with Crippen LogP contribution >= 0.6 is 11.6 Å². The second-order valence-electron chi connectivity index (χ2n) is 5.57. The monoisotopic (exact) mass is 281 g/mol. The molecule has 0 saturated carbocycles. The number of hydrogen-bond acceptors (Lipinski definition) is 2. The van der Waals surface area contributed by atoms with Crippen molar-refractivity contribution in [1.29, 1.82) is 0 Å². The number of rotatable bonds is 6. The standard InChI is InChI=1S/C16H24ClNO/c1-3-11(4-2)16(19)10-18-15-8-12-5-6-14(17)7-13(12)9-15/h5-7,11,15-16,18-19H,3-4,8-10H2,1-2H3. The fourth-order valence-electron chi connectivity index (χ4n) is 3.02. The van der Waals surface area contributed by atoms with Gasteiger partial charge in [-0.2, -0.15) is 0 Å². The maximum Gasteiger partial charge on any atom is 0.0692 e. The van der Waals surface area contributed by atoms with Crippen molar-refractivity contribution in [1.82, 2.24) is 5.32 Å². The van der Waals surface area contributed by atoms with Crippen molar-refractivity contribution in [2.45, 2.75) is 51.7 Å². The molecule has 0 aliphatic heterocycles. The largest absolute Gasteiger partial charge is 0.392 e. The molecule has 0 bridgehead atoms. The first kappa shape index (κ1) is 14.8. The first-order chi connectivity index (χ1) is 9.13. The van der Waals surface area contributed by atoms with E-state index in [1.807, 2.05) is 6.07 Å². The lowest BCUT2D eigenvalue weighted by atomic mass is 9.96. The quantitative estimate of drug-likeness (QED) is 0.839. The van der Waals surface area contributed by atoms with Gasteiger partial charge in [0.1, 0.15) is 0 Å². The number of nitrogens with one attached hydrogen (secondary N) is 1. The number of fused-ring (bicyclic) bond motifs is 1. The molecular formula is C16H24ClNO. The van der Waals surface area contributed by atoms with Gasteiger partial charge in [0.25, 0.3) is 0 Å². The molecule has 2 nitrogen and oxygen atoms in total. The normalized spacial score (nSPS) is 19.7. The van der Waals surface area contributed by atoms with Gasteiger partial charge >= 0.3 is 0 Å². The first-order valence-corrected chi connectivity index (χ1v) is 7.70. The number of aliphatic hydroxyl groups is 1. The van der Waals surface area contributed by atoms with Crippen molar-refractivity contribution >= 4 is 11.6 Å². The summed E-state index contributed by atoms with van der Waals surface area (Å²) in [6.45, 7) is 4.98. The minimum atomic E-state index is -0.234. The van der Waals surface area contributed by atoms with Crippen molar-refractivity contribution in [3.05, 3.63) is 34.3 Å². The summed E-state index contributed by atoms with van der Waals surface area (Å²) in [5.41, 5.74) is 2.74. The van der Waals surface area contributed by atoms with Gasteiger partial charge in [0, 0.05) is 17.6 Å². The van der Waals surface area contributed by atoms with Crippen LogP contribution in [0.15, 0.2) is 18.2 Å². The van der Waals surface area contributed by atoms with Gasteiger partial charge in [0.15, 0.2) is 0 Å². The Bertz CT molecular complexity index is 417. The van der Waals surface area contributed by atoms with Crippen molar-refractivity contribution in [3.63, 3.8) is 0 Å². The van der Waals surface area contributed by atoms with E-state index in [9.17, 15) is 5.11 Å². The number of aliphatic hydroxyl groups excluding tert-OH is 1. The lowest BCUT2D eigenvalue weighted by molar-refractivity contribution is 0.0986. The predicted molar refractivity (Wildman–Crippen MR) is 80.7 cm³/mol. The molecule has 106 valence electrons. The van der Waals surface area contributed by atoms with E-state index in [1.165, 1.54) is 11.1 Å². The van der Waals surface area contributed by atoms with Gasteiger partial charge in [-0.25, -0.2) is 0 Å². The first-order valence-electron chi connectivity index (χ1n) is 7.32. The van der Waals surface area contributed by atoms with Gasteiger partial charge in [0.05, 0.1) is 6.10 Å². The Morgan fingerprint density at radius 2 is 1.95 bits per heavy atom. The lowest BCUT2D eigenvalue weighted by Crippen LogP contribution is -2.39. The molecule has 0 radical (unpaired) electrons. The van der Waals surface area contributed by atoms with Crippen LogP contribution in [0.2, 0.25) is 5.02 Å². The summed E-state index contributed by atoms with van der Waals surface area (Å²) >= 11 is 6.02. The van der Waals surface area contributed by atoms with Crippen LogP contribution < -0.4 is 5.32 Å². The maximum absolute atomic E-state index is 10.1. The van der Waals surface area contributed by atoms with Crippen LogP contribution in [0.5, 0.6) is 0 Å². The molecule has 1 aromatic carbocycles. The SMILES string of the molecule is CCC(CC)C(O)CNC1Cc2ccc(Cl)cc2C1. The summed E-state index contributed by atoms with van der Waals surface area (Å²) < 4.78 is 0. The Morgan fingerprint density at radius 1 is 1.26 bits per heavy atom. The van der Waals surface area contributed by atoms with Gasteiger partial charge in [-0.1, -0.05) is 44.4 Å². The smallest absolute Gasteiger partial charge is 0.0692 e. The summed E-state index contributed by atoms with van der Waals surface area (Å²) in [5, 5.41) is 14.5. The van der Waals surface area contributed by atoms with Crippen LogP contribution in [0.25, 0.3) is 0 Å². The van der Waals surface area contributed by atoms with Crippen LogP contribution in [0.3, 0.4) is 0 Å². The van der Waals surface area contributed by atoms with Crippen molar-refractivity contribution in [2.75, 3.05) is 6.54 Å². The highest BCUT2D eigenvalue weighted by Crippen LogP contribution is 2.25. The third-order valence-electron chi connectivity index (χ3n) is 4.31. The fraction of sp³-hybridized carbons (Fsp3) is 0.625. The number of hydrogen-bond donors (Lipinski definition) is 2. The van der Waals surface area contributed by atoms with E-state index in [2.05, 4.69) is 31.3 Å². The Kier molecular flexibility index (Phi) is 5.26. The van der Waals surface area contributed by atoms with Gasteiger partial charge in [-0.05, 0) is 42.0 Å². The average Bonchev–Trinajstić information content (AvgIpc) is 2.79. The zero-order valence-corrected chi connectivity index (χ0v) is 12.6. The Balaban J connectivity index is 1.84. The van der Waals surface area contributed by atoms with Crippen LogP contribution in [0, 0.1) is 5.92 Å². The van der Waals surface area contributed by atoms with E-state index in [-0.39, 0.29) is 6.10 Å². The molecule has 0 fully saturated rings. The van der Waals surface area contributed by atoms with Crippen LogP contribution in [0.1, 0.15) is 37.8 Å². The molecule has 0 aromatic heterocycles. The third kappa shape index (κ3) is 3.71. The summed E-state index contributed by atoms with van der Waals surface area (Å²) in [6.07, 6.45) is 3.91. The summed E-state index contributed by atoms with van der Waals surface area (Å²) in [7, 11) is 0. The van der Waals surface area contributed by atoms with Gasteiger partial charge in [-0.3, -0.25) is 0 Å². The van der Waals surface area contributed by atoms with E-state index in [0.29, 0.717) is 18.5 Å². The van der Waals surface area contributed by atoms with Crippen LogP contribution in [0.4, 0.5) is 0 Å². The zero-order valence-electron chi connectivity index (χ0n) is 11.8. The molecule has 2 atom stereocenters. The lowest BCUT2D eigenvalue weighted by Gasteiger charge is -2.22. The molecule has 0 amide bonds. The summed E-state index contributed by atoms with van der Waals surface area (Å²) in [6, 6.07) is 6.59. The van der Waals surface area contributed by atoms with E-state index in [1.54, 1.807) is 0 Å². The molecule has 1 aromatic rings. The van der Waals surface area contributed by atoms with Gasteiger partial charge in [-0.15, -0.1) is 0 Å². The summed E-state index contributed by atoms with van der Waals surface area (Å²) in [5.74, 6) is 0.408. The molecule has 3 heteroatoms. The van der Waals surface area contributed by atoms with Crippen LogP contribution in [-0.4, -0.2) is 23.8 Å². The van der Waals surface area contributed by atoms with Crippen molar-refractivity contribution in [2.24, 2.45) is 5.92 Å². The Labute approximate surface area is 121 Å². The Hall–Kier alpha value is -0.570. The van der Waals surface area contributed by atoms with E-state index >= 15 is 0 Å². The minimum Gasteiger partial charge on any atom is -0.392 e. The van der Waals surface area contributed by atoms with Crippen molar-refractivity contribution in [3.8, 4) is 0 Å². The highest BCUT2D eigenvalue weighted by atomic mass is 35.5. The number of halogens is 1. The van der Waals surface area contributed by atoms with Crippen LogP contribution in [-0.2, 0) is 12.8 Å². The molecule has 1 aliphatic rings. The average molecular weight is 282 g/mol. The summed E-state index contributed by atoms with van der Waals surface area (Å²) in [4.78, 5) is 0. The molecule has 19 heavy (non-hydrogen) atoms. The molecular weight excluding hydrogens is 258 g/mol. The van der Waals surface area contributed by atoms with Gasteiger partial charge < -0.3 is 10.4 Å². The molecule has 2 rings (SSSR count). The zero-order chi connectivity index (χ0) is 13.8. The van der Waals surface area contributed by atoms with E-state index in [0.717, 1.165) is 30.7 Å². The molecule has 0 spiro atoms. The molecule has 2 N–H and O–H groups in total. The second kappa shape index (κ2) is 6.74. The topological polar surface area (TPSA) is 32.3 Å². The van der Waals surface area contributed by atoms with E-state index < -0.39 is 0 Å². The molecule has 1 aliphatic carbocycles. The minimum absolute atomic E-state index is 0.234. The van der Waals surface area contributed by atoms with E-state index in [4.69, 9.17) is 11.6 Å². The third-order valence-corrected chi connectivity index (χ3v) is 4.54. The number of benzene rings is 1. The molecule has 0 heterocycles. The highest BCUT2D eigenvalue weighted by molar-refractivity contribution is 6.30. The van der Waals surface area contributed by atoms with Crippen molar-refractivity contribution < 1.29 is 5.11 Å². The van der Waals surface area contributed by atoms with Gasteiger partial charge in [0.2, 0.25) is 0 Å². The highest BCUT2D eigenvalue weighted by Gasteiger charge is 2.23. The molecule has 0 saturated heterocycles. The second-order valence-corrected chi connectivity index (χ2v) is 6.01. The fourth-order valence-corrected chi connectivity index (χ4v) is 3.21. The predicted octanol–water partition coefficient (Wildman–Crippen LogP) is 3.19. The maximum atomic E-state index is 10.1. The molecule has 2 unspecified atom stereocenters.